The van der Waals surface area contributed by atoms with Gasteiger partial charge in [-0.15, -0.1) is 0 Å². The van der Waals surface area contributed by atoms with E-state index in [4.69, 9.17) is 0 Å². The Kier molecular flexibility index (Phi) is 3.78. The molecule has 1 amide bonds. The number of para-hydroxylation sites is 1. The zero-order valence-electron chi connectivity index (χ0n) is 11.2. The first-order valence-electron chi connectivity index (χ1n) is 6.90. The maximum atomic E-state index is 11.7. The van der Waals surface area contributed by atoms with E-state index in [9.17, 15) is 4.79 Å². The number of carbonyl (C=O) groups excluding carboxylic acids is 1. The third kappa shape index (κ3) is 2.88. The van der Waals surface area contributed by atoms with Crippen LogP contribution in [0.25, 0.3) is 5.69 Å². The van der Waals surface area contributed by atoms with Crippen LogP contribution in [0.2, 0.25) is 0 Å². The number of hydrogen-bond donors (Lipinski definition) is 2. The highest BCUT2D eigenvalue weighted by molar-refractivity contribution is 5.79. The molecule has 0 bridgehead atoms. The summed E-state index contributed by atoms with van der Waals surface area (Å²) in [6.07, 6.45) is 4.66. The monoisotopic (exact) mass is 270 g/mol. The summed E-state index contributed by atoms with van der Waals surface area (Å²) in [7, 11) is 0. The topological polar surface area (TPSA) is 59.0 Å². The van der Waals surface area contributed by atoms with Gasteiger partial charge in [-0.3, -0.25) is 4.79 Å². The maximum absolute atomic E-state index is 11.7. The van der Waals surface area contributed by atoms with Gasteiger partial charge in [-0.2, -0.15) is 5.10 Å². The van der Waals surface area contributed by atoms with Crippen LogP contribution in [0, 0.1) is 5.92 Å². The number of carbonyl (C=O) groups is 1. The Morgan fingerprint density at radius 3 is 2.85 bits per heavy atom. The Labute approximate surface area is 118 Å². The predicted octanol–water partition coefficient (Wildman–Crippen LogP) is 0.750. The van der Waals surface area contributed by atoms with Crippen LogP contribution < -0.4 is 10.6 Å². The van der Waals surface area contributed by atoms with Gasteiger partial charge in [0, 0.05) is 25.8 Å². The van der Waals surface area contributed by atoms with Crippen LogP contribution in [0.1, 0.15) is 5.56 Å². The number of aromatic nitrogens is 2. The predicted molar refractivity (Wildman–Crippen MR) is 76.6 cm³/mol. The third-order valence-corrected chi connectivity index (χ3v) is 3.52. The van der Waals surface area contributed by atoms with E-state index in [1.54, 1.807) is 0 Å². The van der Waals surface area contributed by atoms with Gasteiger partial charge in [-0.25, -0.2) is 4.68 Å². The molecule has 20 heavy (non-hydrogen) atoms. The average molecular weight is 270 g/mol. The molecule has 1 aromatic heterocycles. The second kappa shape index (κ2) is 5.88. The molecule has 1 aliphatic rings. The zero-order valence-corrected chi connectivity index (χ0v) is 11.2. The van der Waals surface area contributed by atoms with Crippen LogP contribution >= 0.6 is 0 Å². The molecule has 104 valence electrons. The third-order valence-electron chi connectivity index (χ3n) is 3.52. The molecule has 0 radical (unpaired) electrons. The number of amides is 1. The Hall–Kier alpha value is -2.14. The lowest BCUT2D eigenvalue weighted by Crippen LogP contribution is -2.51. The highest BCUT2D eigenvalue weighted by Crippen LogP contribution is 2.08. The minimum Gasteiger partial charge on any atom is -0.355 e. The van der Waals surface area contributed by atoms with E-state index in [-0.39, 0.29) is 11.8 Å². The summed E-state index contributed by atoms with van der Waals surface area (Å²) >= 11 is 0. The summed E-state index contributed by atoms with van der Waals surface area (Å²) in [5.74, 6) is 0.307. The van der Waals surface area contributed by atoms with Crippen LogP contribution in [0.3, 0.4) is 0 Å². The number of hydrogen-bond acceptors (Lipinski definition) is 3. The first-order chi connectivity index (χ1) is 9.83. The summed E-state index contributed by atoms with van der Waals surface area (Å²) in [6.45, 7) is 2.27. The molecular weight excluding hydrogens is 252 g/mol. The summed E-state index contributed by atoms with van der Waals surface area (Å²) in [6, 6.07) is 10.00. The van der Waals surface area contributed by atoms with E-state index >= 15 is 0 Å². The fraction of sp³-hybridized carbons (Fsp3) is 0.333. The van der Waals surface area contributed by atoms with Crippen LogP contribution in [0.15, 0.2) is 42.7 Å². The van der Waals surface area contributed by atoms with Gasteiger partial charge in [0.25, 0.3) is 0 Å². The number of benzene rings is 1. The van der Waals surface area contributed by atoms with Gasteiger partial charge in [0.15, 0.2) is 0 Å². The van der Waals surface area contributed by atoms with E-state index in [1.165, 1.54) is 0 Å². The smallest absolute Gasteiger partial charge is 0.225 e. The van der Waals surface area contributed by atoms with Crippen LogP contribution in [0.5, 0.6) is 0 Å². The summed E-state index contributed by atoms with van der Waals surface area (Å²) < 4.78 is 1.85. The molecule has 2 heterocycles. The van der Waals surface area contributed by atoms with Gasteiger partial charge in [0.05, 0.1) is 17.8 Å². The molecule has 2 N–H and O–H groups in total. The fourth-order valence-electron chi connectivity index (χ4n) is 2.16. The fourth-order valence-corrected chi connectivity index (χ4v) is 2.16. The molecule has 1 fully saturated rings. The Morgan fingerprint density at radius 2 is 2.15 bits per heavy atom. The Balaban J connectivity index is 1.51. The molecule has 1 aromatic carbocycles. The summed E-state index contributed by atoms with van der Waals surface area (Å²) in [4.78, 5) is 11.7. The lowest BCUT2D eigenvalue weighted by Gasteiger charge is -2.25. The van der Waals surface area contributed by atoms with Gasteiger partial charge >= 0.3 is 0 Å². The van der Waals surface area contributed by atoms with Crippen molar-refractivity contribution in [3.8, 4) is 5.69 Å². The Morgan fingerprint density at radius 1 is 1.35 bits per heavy atom. The highest BCUT2D eigenvalue weighted by atomic mass is 16.2. The molecule has 0 unspecified atom stereocenters. The molecular formula is C15H18N4O. The average Bonchev–Trinajstić information content (AvgIpc) is 2.86. The van der Waals surface area contributed by atoms with Crippen molar-refractivity contribution >= 4 is 5.91 Å². The second-order valence-corrected chi connectivity index (χ2v) is 5.02. The number of rotatable bonds is 5. The molecule has 1 saturated heterocycles. The maximum Gasteiger partial charge on any atom is 0.225 e. The molecule has 0 atom stereocenters. The molecule has 0 saturated carbocycles. The highest BCUT2D eigenvalue weighted by Gasteiger charge is 2.24. The van der Waals surface area contributed by atoms with Crippen LogP contribution in [-0.2, 0) is 11.2 Å². The standard InChI is InChI=1S/C15H18N4O/c20-15(13-9-16-10-13)17-7-6-12-8-18-19(11-12)14-4-2-1-3-5-14/h1-5,8,11,13,16H,6-7,9-10H2,(H,17,20). The van der Waals surface area contributed by atoms with E-state index in [0.717, 1.165) is 30.8 Å². The van der Waals surface area contributed by atoms with Crippen molar-refractivity contribution < 1.29 is 4.79 Å². The van der Waals surface area contributed by atoms with E-state index in [1.807, 2.05) is 47.4 Å². The van der Waals surface area contributed by atoms with Crippen molar-refractivity contribution in [3.63, 3.8) is 0 Å². The van der Waals surface area contributed by atoms with Gasteiger partial charge in [-0.1, -0.05) is 18.2 Å². The van der Waals surface area contributed by atoms with Gasteiger partial charge in [0.1, 0.15) is 0 Å². The zero-order chi connectivity index (χ0) is 13.8. The molecule has 2 aromatic rings. The summed E-state index contributed by atoms with van der Waals surface area (Å²) in [5, 5.41) is 10.4. The number of nitrogens with one attached hydrogen (secondary N) is 2. The lowest BCUT2D eigenvalue weighted by atomic mass is 10.0. The van der Waals surface area contributed by atoms with Gasteiger partial charge in [0.2, 0.25) is 5.91 Å². The van der Waals surface area contributed by atoms with E-state index in [0.29, 0.717) is 6.54 Å². The molecule has 0 spiro atoms. The summed E-state index contributed by atoms with van der Waals surface area (Å²) in [5.41, 5.74) is 2.17. The van der Waals surface area contributed by atoms with Crippen molar-refractivity contribution in [1.29, 1.82) is 0 Å². The molecule has 3 rings (SSSR count). The second-order valence-electron chi connectivity index (χ2n) is 5.02. The van der Waals surface area contributed by atoms with Crippen molar-refractivity contribution in [3.05, 3.63) is 48.3 Å². The first kappa shape index (κ1) is 12.9. The van der Waals surface area contributed by atoms with Crippen molar-refractivity contribution in [2.24, 2.45) is 5.92 Å². The lowest BCUT2D eigenvalue weighted by molar-refractivity contribution is -0.126. The Bertz CT molecular complexity index is 575. The molecule has 1 aliphatic heterocycles. The molecule has 5 nitrogen and oxygen atoms in total. The number of nitrogens with zero attached hydrogens (tertiary/aromatic N) is 2. The van der Waals surface area contributed by atoms with Gasteiger partial charge in [-0.05, 0) is 24.1 Å². The van der Waals surface area contributed by atoms with Crippen molar-refractivity contribution in [2.45, 2.75) is 6.42 Å². The first-order valence-corrected chi connectivity index (χ1v) is 6.90. The SMILES string of the molecule is O=C(NCCc1cnn(-c2ccccc2)c1)C1CNC1. The normalized spacial score (nSPS) is 14.8. The molecule has 5 heteroatoms. The molecule has 0 aliphatic carbocycles. The van der Waals surface area contributed by atoms with Crippen molar-refractivity contribution in [1.82, 2.24) is 20.4 Å². The minimum absolute atomic E-state index is 0.152. The van der Waals surface area contributed by atoms with Gasteiger partial charge < -0.3 is 10.6 Å². The van der Waals surface area contributed by atoms with E-state index < -0.39 is 0 Å². The largest absolute Gasteiger partial charge is 0.355 e. The van der Waals surface area contributed by atoms with Crippen molar-refractivity contribution in [2.75, 3.05) is 19.6 Å². The van der Waals surface area contributed by atoms with E-state index in [2.05, 4.69) is 15.7 Å². The minimum atomic E-state index is 0.152. The van der Waals surface area contributed by atoms with Crippen LogP contribution in [0.4, 0.5) is 0 Å². The quantitative estimate of drug-likeness (QED) is 0.843. The van der Waals surface area contributed by atoms with Crippen LogP contribution in [-0.4, -0.2) is 35.3 Å².